The zero-order chi connectivity index (χ0) is 16.6. The zero-order valence-corrected chi connectivity index (χ0v) is 12.8. The molecule has 3 rings (SSSR count). The predicted octanol–water partition coefficient (Wildman–Crippen LogP) is -0.109. The monoisotopic (exact) mass is 338 g/mol. The average Bonchev–Trinajstić information content (AvgIpc) is 2.94. The minimum Gasteiger partial charge on any atom is -0.325 e. The molecule has 0 spiro atoms. The van der Waals surface area contributed by atoms with Crippen LogP contribution in [0, 0.1) is 10.1 Å². The number of benzene rings is 1. The van der Waals surface area contributed by atoms with Crippen LogP contribution in [0.3, 0.4) is 0 Å². The van der Waals surface area contributed by atoms with Crippen molar-refractivity contribution in [1.29, 1.82) is 0 Å². The molecule has 0 saturated carbocycles. The molecule has 122 valence electrons. The van der Waals surface area contributed by atoms with Gasteiger partial charge in [0.2, 0.25) is 10.0 Å². The summed E-state index contributed by atoms with van der Waals surface area (Å²) < 4.78 is 27.7. The second kappa shape index (κ2) is 5.68. The van der Waals surface area contributed by atoms with E-state index in [1.54, 1.807) is 10.9 Å². The number of sulfonamides is 1. The van der Waals surface area contributed by atoms with Crippen molar-refractivity contribution in [1.82, 2.24) is 19.3 Å². The summed E-state index contributed by atoms with van der Waals surface area (Å²) in [6.07, 6.45) is 1.69. The lowest BCUT2D eigenvalue weighted by Gasteiger charge is -2.37. The lowest BCUT2D eigenvalue weighted by atomic mass is 10.2. The van der Waals surface area contributed by atoms with Gasteiger partial charge >= 0.3 is 0 Å². The van der Waals surface area contributed by atoms with Gasteiger partial charge in [0.05, 0.1) is 27.8 Å². The van der Waals surface area contributed by atoms with Crippen LogP contribution in [0.1, 0.15) is 11.7 Å². The van der Waals surface area contributed by atoms with Gasteiger partial charge in [0.1, 0.15) is 0 Å². The van der Waals surface area contributed by atoms with Crippen LogP contribution in [0.2, 0.25) is 0 Å². The van der Waals surface area contributed by atoms with E-state index in [1.165, 1.54) is 28.6 Å². The second-order valence-corrected chi connectivity index (χ2v) is 7.06. The molecule has 10 nitrogen and oxygen atoms in total. The molecule has 2 N–H and O–H groups in total. The predicted molar refractivity (Wildman–Crippen MR) is 78.8 cm³/mol. The normalized spacial score (nSPS) is 16.2. The number of rotatable bonds is 5. The summed E-state index contributed by atoms with van der Waals surface area (Å²) in [5, 5.41) is 18.4. The fourth-order valence-corrected chi connectivity index (χ4v) is 3.77. The molecule has 1 saturated heterocycles. The van der Waals surface area contributed by atoms with Gasteiger partial charge in [0.25, 0.3) is 5.69 Å². The molecule has 11 heteroatoms. The van der Waals surface area contributed by atoms with Crippen LogP contribution in [0.15, 0.2) is 35.4 Å². The van der Waals surface area contributed by atoms with Crippen LogP contribution in [-0.2, 0) is 16.6 Å². The highest BCUT2D eigenvalue weighted by Gasteiger charge is 2.38. The molecule has 1 aliphatic rings. The molecule has 2 heterocycles. The third-order valence-electron chi connectivity index (χ3n) is 3.66. The highest BCUT2D eigenvalue weighted by molar-refractivity contribution is 7.89. The number of nitro benzene ring substituents is 1. The van der Waals surface area contributed by atoms with E-state index in [4.69, 9.17) is 5.73 Å². The van der Waals surface area contributed by atoms with Crippen molar-refractivity contribution in [3.05, 3.63) is 46.3 Å². The Labute approximate surface area is 131 Å². The van der Waals surface area contributed by atoms with Crippen molar-refractivity contribution in [2.75, 3.05) is 13.1 Å². The Morgan fingerprint density at radius 1 is 1.30 bits per heavy atom. The maximum atomic E-state index is 12.4. The van der Waals surface area contributed by atoms with Crippen LogP contribution >= 0.6 is 0 Å². The molecule has 0 bridgehead atoms. The van der Waals surface area contributed by atoms with Gasteiger partial charge in [-0.2, -0.15) is 4.31 Å². The first-order chi connectivity index (χ1) is 10.9. The number of nitrogens with zero attached hydrogens (tertiary/aromatic N) is 5. The maximum Gasteiger partial charge on any atom is 0.269 e. The summed E-state index contributed by atoms with van der Waals surface area (Å²) in [5.74, 6) is 0. The first-order valence-electron chi connectivity index (χ1n) is 6.77. The third kappa shape index (κ3) is 2.81. The molecule has 0 amide bonds. The molecule has 0 radical (unpaired) electrons. The van der Waals surface area contributed by atoms with E-state index in [-0.39, 0.29) is 36.3 Å². The minimum atomic E-state index is -3.66. The Bertz CT molecular complexity index is 825. The molecule has 23 heavy (non-hydrogen) atoms. The largest absolute Gasteiger partial charge is 0.325 e. The van der Waals surface area contributed by atoms with Crippen LogP contribution < -0.4 is 5.73 Å². The minimum absolute atomic E-state index is 0.0304. The van der Waals surface area contributed by atoms with E-state index < -0.39 is 14.9 Å². The van der Waals surface area contributed by atoms with Gasteiger partial charge in [0, 0.05) is 31.8 Å². The highest BCUT2D eigenvalue weighted by Crippen LogP contribution is 2.28. The van der Waals surface area contributed by atoms with Gasteiger partial charge < -0.3 is 5.73 Å². The van der Waals surface area contributed by atoms with E-state index in [1.807, 2.05) is 0 Å². The summed E-state index contributed by atoms with van der Waals surface area (Å²) >= 11 is 0. The fraction of sp³-hybridized carbons (Fsp3) is 0.333. The number of hydrogen-bond acceptors (Lipinski definition) is 7. The first-order valence-corrected chi connectivity index (χ1v) is 8.21. The number of nitrogens with two attached hydrogens (primary N) is 1. The van der Waals surface area contributed by atoms with E-state index in [0.29, 0.717) is 5.69 Å². The molecule has 2 aromatic rings. The van der Waals surface area contributed by atoms with Gasteiger partial charge in [-0.05, 0) is 12.1 Å². The Balaban J connectivity index is 1.71. The number of hydrogen-bond donors (Lipinski definition) is 1. The summed E-state index contributed by atoms with van der Waals surface area (Å²) in [4.78, 5) is 10.1. The lowest BCUT2D eigenvalue weighted by molar-refractivity contribution is -0.384. The van der Waals surface area contributed by atoms with Crippen molar-refractivity contribution in [2.45, 2.75) is 17.5 Å². The average molecular weight is 338 g/mol. The summed E-state index contributed by atoms with van der Waals surface area (Å²) in [6, 6.07) is 4.74. The van der Waals surface area contributed by atoms with Crippen LogP contribution in [0.4, 0.5) is 5.69 Å². The summed E-state index contributed by atoms with van der Waals surface area (Å²) in [5.41, 5.74) is 5.95. The van der Waals surface area contributed by atoms with Crippen molar-refractivity contribution in [2.24, 2.45) is 5.73 Å². The SMILES string of the molecule is NCc1cn(C2CN(S(=O)(=O)c3ccc([N+](=O)[O-])cc3)C2)nn1. The third-order valence-corrected chi connectivity index (χ3v) is 5.50. The van der Waals surface area contributed by atoms with Gasteiger partial charge in [-0.25, -0.2) is 13.1 Å². The maximum absolute atomic E-state index is 12.4. The van der Waals surface area contributed by atoms with Crippen molar-refractivity contribution < 1.29 is 13.3 Å². The number of nitro groups is 1. The molecule has 1 aromatic carbocycles. The molecule has 0 aliphatic carbocycles. The molecule has 1 aromatic heterocycles. The summed E-state index contributed by atoms with van der Waals surface area (Å²) in [6.45, 7) is 0.816. The molecule has 1 fully saturated rings. The number of non-ortho nitro benzene ring substituents is 1. The fourth-order valence-electron chi connectivity index (χ4n) is 2.25. The van der Waals surface area contributed by atoms with E-state index in [0.717, 1.165) is 0 Å². The molecular weight excluding hydrogens is 324 g/mol. The quantitative estimate of drug-likeness (QED) is 0.593. The van der Waals surface area contributed by atoms with Crippen molar-refractivity contribution >= 4 is 15.7 Å². The highest BCUT2D eigenvalue weighted by atomic mass is 32.2. The van der Waals surface area contributed by atoms with Crippen molar-refractivity contribution in [3.8, 4) is 0 Å². The van der Waals surface area contributed by atoms with Crippen LogP contribution in [0.25, 0.3) is 0 Å². The van der Waals surface area contributed by atoms with E-state index >= 15 is 0 Å². The Morgan fingerprint density at radius 3 is 2.48 bits per heavy atom. The second-order valence-electron chi connectivity index (χ2n) is 5.12. The standard InChI is InChI=1S/C12H14N6O4S/c13-5-9-6-17(15-14-9)11-7-16(8-11)23(21,22)12-3-1-10(2-4-12)18(19)20/h1-4,6,11H,5,7-8,13H2. The van der Waals surface area contributed by atoms with Crippen molar-refractivity contribution in [3.63, 3.8) is 0 Å². The van der Waals surface area contributed by atoms with E-state index in [9.17, 15) is 18.5 Å². The smallest absolute Gasteiger partial charge is 0.269 e. The first kappa shape index (κ1) is 15.5. The van der Waals surface area contributed by atoms with Gasteiger partial charge in [-0.3, -0.25) is 10.1 Å². The Kier molecular flexibility index (Phi) is 3.83. The van der Waals surface area contributed by atoms with Gasteiger partial charge in [-0.15, -0.1) is 5.10 Å². The van der Waals surface area contributed by atoms with E-state index in [2.05, 4.69) is 10.3 Å². The summed E-state index contributed by atoms with van der Waals surface area (Å²) in [7, 11) is -3.66. The van der Waals surface area contributed by atoms with Gasteiger partial charge in [0.15, 0.2) is 0 Å². The van der Waals surface area contributed by atoms with Crippen LogP contribution in [0.5, 0.6) is 0 Å². The zero-order valence-electron chi connectivity index (χ0n) is 11.9. The van der Waals surface area contributed by atoms with Crippen LogP contribution in [-0.4, -0.2) is 45.7 Å². The Hall–Kier alpha value is -2.37. The number of aromatic nitrogens is 3. The Morgan fingerprint density at radius 2 is 1.96 bits per heavy atom. The molecule has 0 unspecified atom stereocenters. The van der Waals surface area contributed by atoms with Gasteiger partial charge in [-0.1, -0.05) is 5.21 Å². The molecular formula is C12H14N6O4S. The topological polar surface area (TPSA) is 137 Å². The lowest BCUT2D eigenvalue weighted by Crippen LogP contribution is -2.50. The molecule has 1 aliphatic heterocycles. The molecule has 0 atom stereocenters.